The molecule has 1 N–H and O–H groups in total. The van der Waals surface area contributed by atoms with Gasteiger partial charge in [-0.1, -0.05) is 13.8 Å². The number of hydrogen-bond acceptors (Lipinski definition) is 6. The molecule has 0 saturated carbocycles. The van der Waals surface area contributed by atoms with Crippen LogP contribution in [-0.2, 0) is 0 Å². The highest BCUT2D eigenvalue weighted by atomic mass is 16.6. The van der Waals surface area contributed by atoms with Gasteiger partial charge in [-0.05, 0) is 31.4 Å². The molecule has 7 nitrogen and oxygen atoms in total. The van der Waals surface area contributed by atoms with E-state index in [0.717, 1.165) is 25.9 Å². The van der Waals surface area contributed by atoms with Gasteiger partial charge in [0.1, 0.15) is 11.6 Å². The lowest BCUT2D eigenvalue weighted by atomic mass is 10.1. The number of rotatable bonds is 6. The fraction of sp³-hybridized carbons (Fsp3) is 0.600. The normalized spacial score (nSPS) is 18.4. The quantitative estimate of drug-likeness (QED) is 0.640. The molecule has 1 aliphatic rings. The van der Waals surface area contributed by atoms with E-state index in [0.29, 0.717) is 18.5 Å². The average molecular weight is 303 g/mol. The Balaban J connectivity index is 2.09. The molecule has 0 radical (unpaired) electrons. The van der Waals surface area contributed by atoms with Crippen LogP contribution in [0.4, 0.5) is 11.5 Å². The number of likely N-dealkylation sites (tertiary alicyclic amines) is 1. The minimum atomic E-state index is -0.547. The maximum atomic E-state index is 11.2. The third-order valence-electron chi connectivity index (χ3n) is 3.83. The first-order valence-corrected chi connectivity index (χ1v) is 7.54. The highest BCUT2D eigenvalue weighted by molar-refractivity contribution is 5.64. The van der Waals surface area contributed by atoms with Gasteiger partial charge in [0.05, 0.1) is 4.92 Å². The predicted octanol–water partition coefficient (Wildman–Crippen LogP) is 2.39. The molecule has 2 heterocycles. The average Bonchev–Trinajstić information content (AvgIpc) is 2.90. The molecule has 1 aliphatic heterocycles. The summed E-state index contributed by atoms with van der Waals surface area (Å²) in [7, 11) is 0. The largest absolute Gasteiger partial charge is 0.363 e. The Labute approximate surface area is 130 Å². The fourth-order valence-corrected chi connectivity index (χ4v) is 2.91. The molecule has 118 valence electrons. The van der Waals surface area contributed by atoms with Crippen LogP contribution in [-0.4, -0.2) is 40.5 Å². The van der Waals surface area contributed by atoms with Gasteiger partial charge in [-0.15, -0.1) is 0 Å². The minimum Gasteiger partial charge on any atom is -0.363 e. The van der Waals surface area contributed by atoms with E-state index in [4.69, 9.17) is 5.26 Å². The number of hydrogen-bond donors (Lipinski definition) is 1. The molecule has 1 aromatic heterocycles. The van der Waals surface area contributed by atoms with Crippen LogP contribution in [0.2, 0.25) is 0 Å². The highest BCUT2D eigenvalue weighted by Crippen LogP contribution is 2.26. The van der Waals surface area contributed by atoms with Gasteiger partial charge in [0.25, 0.3) is 0 Å². The Morgan fingerprint density at radius 1 is 1.64 bits per heavy atom. The fourth-order valence-electron chi connectivity index (χ4n) is 2.91. The molecule has 1 aromatic rings. The lowest BCUT2D eigenvalue weighted by molar-refractivity contribution is -0.384. The Bertz CT molecular complexity index is 582. The summed E-state index contributed by atoms with van der Waals surface area (Å²) in [6, 6.07) is 3.57. The van der Waals surface area contributed by atoms with E-state index in [-0.39, 0.29) is 17.1 Å². The van der Waals surface area contributed by atoms with Crippen LogP contribution in [0.1, 0.15) is 32.3 Å². The van der Waals surface area contributed by atoms with E-state index in [1.165, 1.54) is 12.3 Å². The van der Waals surface area contributed by atoms with Crippen LogP contribution in [0, 0.1) is 27.4 Å². The number of pyridine rings is 1. The van der Waals surface area contributed by atoms with Gasteiger partial charge in [-0.3, -0.25) is 15.0 Å². The van der Waals surface area contributed by atoms with Crippen molar-refractivity contribution in [3.05, 3.63) is 27.9 Å². The predicted molar refractivity (Wildman–Crippen MR) is 83.5 cm³/mol. The second kappa shape index (κ2) is 7.18. The summed E-state index contributed by atoms with van der Waals surface area (Å²) in [5.41, 5.74) is -0.202. The summed E-state index contributed by atoms with van der Waals surface area (Å²) in [4.78, 5) is 17.1. The SMILES string of the molecule is CC(C)CN1CCC[C@@H]1CNc1nccc(C#N)c1[N+](=O)[O-]. The number of nitro groups is 1. The Hall–Kier alpha value is -2.20. The van der Waals surface area contributed by atoms with Gasteiger partial charge in [0, 0.05) is 25.3 Å². The van der Waals surface area contributed by atoms with Crippen LogP contribution < -0.4 is 5.32 Å². The lowest BCUT2D eigenvalue weighted by Crippen LogP contribution is -2.37. The van der Waals surface area contributed by atoms with Gasteiger partial charge in [0.2, 0.25) is 5.82 Å². The van der Waals surface area contributed by atoms with Crippen LogP contribution in [0.15, 0.2) is 12.3 Å². The molecule has 0 bridgehead atoms. The van der Waals surface area contributed by atoms with Gasteiger partial charge < -0.3 is 5.32 Å². The molecule has 0 aliphatic carbocycles. The van der Waals surface area contributed by atoms with Crippen molar-refractivity contribution in [3.63, 3.8) is 0 Å². The number of nitriles is 1. The molecular formula is C15H21N5O2. The second-order valence-corrected chi connectivity index (χ2v) is 5.99. The molecular weight excluding hydrogens is 282 g/mol. The summed E-state index contributed by atoms with van der Waals surface area (Å²) in [5, 5.41) is 23.2. The van der Waals surface area contributed by atoms with E-state index < -0.39 is 4.92 Å². The van der Waals surface area contributed by atoms with Crippen molar-refractivity contribution in [2.24, 2.45) is 5.92 Å². The molecule has 0 aromatic carbocycles. The van der Waals surface area contributed by atoms with E-state index in [1.807, 2.05) is 6.07 Å². The summed E-state index contributed by atoms with van der Waals surface area (Å²) in [6.07, 6.45) is 3.65. The zero-order valence-corrected chi connectivity index (χ0v) is 13.0. The maximum absolute atomic E-state index is 11.2. The molecule has 1 saturated heterocycles. The first-order valence-electron chi connectivity index (χ1n) is 7.54. The van der Waals surface area contributed by atoms with E-state index >= 15 is 0 Å². The van der Waals surface area contributed by atoms with Crippen molar-refractivity contribution in [1.82, 2.24) is 9.88 Å². The highest BCUT2D eigenvalue weighted by Gasteiger charge is 2.27. The molecule has 7 heteroatoms. The Morgan fingerprint density at radius 2 is 2.41 bits per heavy atom. The van der Waals surface area contributed by atoms with Crippen molar-refractivity contribution in [2.45, 2.75) is 32.7 Å². The molecule has 0 spiro atoms. The van der Waals surface area contributed by atoms with Gasteiger partial charge in [0.15, 0.2) is 0 Å². The van der Waals surface area contributed by atoms with E-state index in [1.54, 1.807) is 0 Å². The van der Waals surface area contributed by atoms with Crippen molar-refractivity contribution >= 4 is 11.5 Å². The number of nitrogens with zero attached hydrogens (tertiary/aromatic N) is 4. The molecule has 0 amide bonds. The molecule has 22 heavy (non-hydrogen) atoms. The van der Waals surface area contributed by atoms with Crippen LogP contribution in [0.3, 0.4) is 0 Å². The third-order valence-corrected chi connectivity index (χ3v) is 3.83. The van der Waals surface area contributed by atoms with Crippen molar-refractivity contribution < 1.29 is 4.92 Å². The summed E-state index contributed by atoms with van der Waals surface area (Å²) in [6.45, 7) is 7.07. The summed E-state index contributed by atoms with van der Waals surface area (Å²) in [5.74, 6) is 0.774. The summed E-state index contributed by atoms with van der Waals surface area (Å²) >= 11 is 0. The molecule has 0 unspecified atom stereocenters. The minimum absolute atomic E-state index is 0.0351. The van der Waals surface area contributed by atoms with E-state index in [9.17, 15) is 10.1 Å². The smallest absolute Gasteiger partial charge is 0.328 e. The Morgan fingerprint density at radius 3 is 3.05 bits per heavy atom. The summed E-state index contributed by atoms with van der Waals surface area (Å²) < 4.78 is 0. The first-order chi connectivity index (χ1) is 10.5. The van der Waals surface area contributed by atoms with Crippen molar-refractivity contribution in [2.75, 3.05) is 25.0 Å². The lowest BCUT2D eigenvalue weighted by Gasteiger charge is -2.26. The molecule has 1 atom stereocenters. The molecule has 1 fully saturated rings. The standard InChI is InChI=1S/C15H21N5O2/c1-11(2)10-19-7-3-4-13(19)9-18-15-14(20(21)22)12(8-16)5-6-17-15/h5-6,11,13H,3-4,7,9-10H2,1-2H3,(H,17,18)/t13-/m1/s1. The van der Waals surface area contributed by atoms with Gasteiger partial charge in [-0.2, -0.15) is 5.26 Å². The zero-order valence-electron chi connectivity index (χ0n) is 13.0. The topological polar surface area (TPSA) is 95.1 Å². The third kappa shape index (κ3) is 3.71. The van der Waals surface area contributed by atoms with Gasteiger partial charge in [-0.25, -0.2) is 4.98 Å². The van der Waals surface area contributed by atoms with Crippen molar-refractivity contribution in [1.29, 1.82) is 5.26 Å². The van der Waals surface area contributed by atoms with E-state index in [2.05, 4.69) is 29.0 Å². The van der Waals surface area contributed by atoms with Crippen LogP contribution >= 0.6 is 0 Å². The number of aromatic nitrogens is 1. The van der Waals surface area contributed by atoms with Crippen LogP contribution in [0.25, 0.3) is 0 Å². The van der Waals surface area contributed by atoms with Crippen molar-refractivity contribution in [3.8, 4) is 6.07 Å². The van der Waals surface area contributed by atoms with Gasteiger partial charge >= 0.3 is 5.69 Å². The maximum Gasteiger partial charge on any atom is 0.328 e. The first kappa shape index (κ1) is 16.2. The monoisotopic (exact) mass is 303 g/mol. The second-order valence-electron chi connectivity index (χ2n) is 5.99. The molecule has 2 rings (SSSR count). The van der Waals surface area contributed by atoms with Crippen LogP contribution in [0.5, 0.6) is 0 Å². The number of anilines is 1. The zero-order chi connectivity index (χ0) is 16.1. The Kier molecular flexibility index (Phi) is 5.28. The number of nitrogens with one attached hydrogen (secondary N) is 1.